The predicted molar refractivity (Wildman–Crippen MR) is 78.9 cm³/mol. The summed E-state index contributed by atoms with van der Waals surface area (Å²) in [5.41, 5.74) is -0.509. The van der Waals surface area contributed by atoms with Gasteiger partial charge in [0.05, 0.1) is 18.2 Å². The van der Waals surface area contributed by atoms with Gasteiger partial charge in [-0.1, -0.05) is 25.1 Å². The Bertz CT molecular complexity index is 702. The summed E-state index contributed by atoms with van der Waals surface area (Å²) in [5, 5.41) is 17.7. The molecule has 1 aliphatic heterocycles. The molecule has 2 heterocycles. The van der Waals surface area contributed by atoms with Crippen molar-refractivity contribution in [3.8, 4) is 0 Å². The number of hydrogen-bond donors (Lipinski definition) is 1. The number of rotatable bonds is 4. The van der Waals surface area contributed by atoms with Gasteiger partial charge in [0.1, 0.15) is 0 Å². The third-order valence-corrected chi connectivity index (χ3v) is 4.16. The number of aliphatic hydroxyl groups excluding tert-OH is 1. The molecule has 0 bridgehead atoms. The number of aliphatic hydroxyl groups is 1. The third-order valence-electron chi connectivity index (χ3n) is 4.16. The van der Waals surface area contributed by atoms with Crippen LogP contribution in [0, 0.1) is 0 Å². The summed E-state index contributed by atoms with van der Waals surface area (Å²) < 4.78 is 45.3. The number of likely N-dealkylation sites (tertiary alicyclic amines) is 1. The van der Waals surface area contributed by atoms with Crippen molar-refractivity contribution in [2.75, 3.05) is 6.54 Å². The van der Waals surface area contributed by atoms with Crippen LogP contribution in [0.5, 0.6) is 0 Å². The molecule has 0 aliphatic carbocycles. The van der Waals surface area contributed by atoms with Crippen molar-refractivity contribution >= 4 is 0 Å². The molecule has 1 aromatic heterocycles. The van der Waals surface area contributed by atoms with Gasteiger partial charge in [-0.3, -0.25) is 4.90 Å². The molecule has 0 spiro atoms. The quantitative estimate of drug-likeness (QED) is 0.926. The minimum Gasteiger partial charge on any atom is -0.424 e. The largest absolute Gasteiger partial charge is 0.424 e. The Balaban J connectivity index is 1.88. The minimum absolute atomic E-state index is 0.164. The monoisotopic (exact) mass is 341 g/mol. The molecule has 2 atom stereocenters. The van der Waals surface area contributed by atoms with Crippen LogP contribution in [0.3, 0.4) is 0 Å². The van der Waals surface area contributed by atoms with E-state index in [0.29, 0.717) is 18.2 Å². The zero-order valence-electron chi connectivity index (χ0n) is 13.1. The number of alkyl halides is 3. The average molecular weight is 341 g/mol. The van der Waals surface area contributed by atoms with Crippen molar-refractivity contribution in [3.05, 3.63) is 47.2 Å². The lowest BCUT2D eigenvalue weighted by molar-refractivity contribution is -0.138. The fourth-order valence-electron chi connectivity index (χ4n) is 3.09. The van der Waals surface area contributed by atoms with Gasteiger partial charge in [-0.25, -0.2) is 0 Å². The van der Waals surface area contributed by atoms with Crippen molar-refractivity contribution in [1.29, 1.82) is 0 Å². The molecule has 5 nitrogen and oxygen atoms in total. The van der Waals surface area contributed by atoms with Gasteiger partial charge < -0.3 is 9.52 Å². The molecular weight excluding hydrogens is 323 g/mol. The Kier molecular flexibility index (Phi) is 4.60. The fraction of sp³-hybridized carbons (Fsp3) is 0.500. The molecule has 0 unspecified atom stereocenters. The van der Waals surface area contributed by atoms with Crippen LogP contribution < -0.4 is 0 Å². The van der Waals surface area contributed by atoms with Crippen LogP contribution >= 0.6 is 0 Å². The topological polar surface area (TPSA) is 62.4 Å². The molecule has 0 radical (unpaired) electrons. The van der Waals surface area contributed by atoms with E-state index in [1.807, 2.05) is 6.92 Å². The van der Waals surface area contributed by atoms with Crippen LogP contribution in [-0.4, -0.2) is 32.9 Å². The molecule has 2 aromatic rings. The number of nitrogens with zero attached hydrogens (tertiary/aromatic N) is 3. The smallest absolute Gasteiger partial charge is 0.416 e. The zero-order valence-corrected chi connectivity index (χ0v) is 13.1. The molecule has 0 amide bonds. The summed E-state index contributed by atoms with van der Waals surface area (Å²) in [5.74, 6) is 0.826. The SMILES string of the molecule is CCc1nnc(CN2C[C@H](O)C[C@H]2c2ccccc2C(F)(F)F)o1. The summed E-state index contributed by atoms with van der Waals surface area (Å²) in [4.78, 5) is 1.75. The van der Waals surface area contributed by atoms with E-state index in [4.69, 9.17) is 4.42 Å². The fourth-order valence-corrected chi connectivity index (χ4v) is 3.09. The van der Waals surface area contributed by atoms with Crippen LogP contribution in [0.4, 0.5) is 13.2 Å². The van der Waals surface area contributed by atoms with Crippen molar-refractivity contribution in [2.45, 2.75) is 44.6 Å². The van der Waals surface area contributed by atoms with Gasteiger partial charge in [-0.15, -0.1) is 10.2 Å². The van der Waals surface area contributed by atoms with Crippen LogP contribution in [-0.2, 0) is 19.1 Å². The van der Waals surface area contributed by atoms with E-state index < -0.39 is 23.9 Å². The van der Waals surface area contributed by atoms with E-state index in [1.165, 1.54) is 12.1 Å². The molecule has 0 saturated carbocycles. The highest BCUT2D eigenvalue weighted by molar-refractivity contribution is 5.33. The molecule has 8 heteroatoms. The summed E-state index contributed by atoms with van der Waals surface area (Å²) in [6, 6.07) is 4.93. The van der Waals surface area contributed by atoms with Crippen LogP contribution in [0.25, 0.3) is 0 Å². The number of aryl methyl sites for hydroxylation is 1. The maximum absolute atomic E-state index is 13.3. The molecule has 1 fully saturated rings. The lowest BCUT2D eigenvalue weighted by Crippen LogP contribution is -2.26. The van der Waals surface area contributed by atoms with E-state index in [9.17, 15) is 18.3 Å². The first kappa shape index (κ1) is 16.9. The van der Waals surface area contributed by atoms with Gasteiger partial charge in [0.25, 0.3) is 0 Å². The van der Waals surface area contributed by atoms with Crippen LogP contribution in [0.2, 0.25) is 0 Å². The van der Waals surface area contributed by atoms with Gasteiger partial charge in [0, 0.05) is 19.0 Å². The highest BCUT2D eigenvalue weighted by atomic mass is 19.4. The molecular formula is C16H18F3N3O2. The average Bonchev–Trinajstić information content (AvgIpc) is 3.13. The second-order valence-electron chi connectivity index (χ2n) is 5.86. The Morgan fingerprint density at radius 3 is 2.62 bits per heavy atom. The molecule has 1 saturated heterocycles. The highest BCUT2D eigenvalue weighted by Gasteiger charge is 2.40. The summed E-state index contributed by atoms with van der Waals surface area (Å²) >= 11 is 0. The number of halogens is 3. The van der Waals surface area contributed by atoms with Gasteiger partial charge in [-0.2, -0.15) is 13.2 Å². The third kappa shape index (κ3) is 3.44. The summed E-state index contributed by atoms with van der Waals surface area (Å²) in [6.45, 7) is 2.35. The van der Waals surface area contributed by atoms with E-state index >= 15 is 0 Å². The Morgan fingerprint density at radius 1 is 1.25 bits per heavy atom. The van der Waals surface area contributed by atoms with Crippen molar-refractivity contribution in [1.82, 2.24) is 15.1 Å². The second kappa shape index (κ2) is 6.52. The first-order valence-electron chi connectivity index (χ1n) is 7.78. The molecule has 1 N–H and O–H groups in total. The van der Waals surface area contributed by atoms with Gasteiger partial charge in [0.15, 0.2) is 0 Å². The molecule has 24 heavy (non-hydrogen) atoms. The van der Waals surface area contributed by atoms with E-state index in [2.05, 4.69) is 10.2 Å². The summed E-state index contributed by atoms with van der Waals surface area (Å²) in [6.07, 6.45) is -4.29. The minimum atomic E-state index is -4.43. The Hall–Kier alpha value is -1.93. The number of β-amino-alcohol motifs (C(OH)–C–C–N with tert-alkyl or cyclic N) is 1. The molecule has 1 aliphatic rings. The van der Waals surface area contributed by atoms with Crippen molar-refractivity contribution in [3.63, 3.8) is 0 Å². The first-order chi connectivity index (χ1) is 11.4. The lowest BCUT2D eigenvalue weighted by atomic mass is 9.97. The van der Waals surface area contributed by atoms with Gasteiger partial charge in [0.2, 0.25) is 11.8 Å². The maximum Gasteiger partial charge on any atom is 0.416 e. The Morgan fingerprint density at radius 2 is 1.96 bits per heavy atom. The number of hydrogen-bond acceptors (Lipinski definition) is 5. The lowest BCUT2D eigenvalue weighted by Gasteiger charge is -2.25. The number of benzene rings is 1. The van der Waals surface area contributed by atoms with Crippen molar-refractivity contribution < 1.29 is 22.7 Å². The standard InChI is InChI=1S/C16H18F3N3O2/c1-2-14-20-21-15(24-14)9-22-8-10(23)7-13(22)11-5-3-4-6-12(11)16(17,18)19/h3-6,10,13,23H,2,7-9H2,1H3/t10-,13+/m1/s1. The van der Waals surface area contributed by atoms with Gasteiger partial charge >= 0.3 is 6.18 Å². The van der Waals surface area contributed by atoms with Gasteiger partial charge in [-0.05, 0) is 18.1 Å². The molecule has 3 rings (SSSR count). The zero-order chi connectivity index (χ0) is 17.3. The highest BCUT2D eigenvalue weighted by Crippen LogP contribution is 2.40. The van der Waals surface area contributed by atoms with E-state index in [1.54, 1.807) is 11.0 Å². The summed E-state index contributed by atoms with van der Waals surface area (Å²) in [7, 11) is 0. The maximum atomic E-state index is 13.3. The van der Waals surface area contributed by atoms with Crippen LogP contribution in [0.1, 0.15) is 42.3 Å². The normalized spacial score (nSPS) is 22.2. The second-order valence-corrected chi connectivity index (χ2v) is 5.86. The van der Waals surface area contributed by atoms with E-state index in [0.717, 1.165) is 6.07 Å². The predicted octanol–water partition coefficient (Wildman–Crippen LogP) is 2.96. The first-order valence-corrected chi connectivity index (χ1v) is 7.78. The van der Waals surface area contributed by atoms with E-state index in [-0.39, 0.29) is 25.1 Å². The molecule has 130 valence electrons. The Labute approximate surface area is 137 Å². The van der Waals surface area contributed by atoms with Crippen LogP contribution in [0.15, 0.2) is 28.7 Å². The molecule has 1 aromatic carbocycles. The van der Waals surface area contributed by atoms with Crippen molar-refractivity contribution in [2.24, 2.45) is 0 Å². The number of aromatic nitrogens is 2.